The topological polar surface area (TPSA) is 97.3 Å². The van der Waals surface area contributed by atoms with Gasteiger partial charge in [-0.15, -0.1) is 5.10 Å². The molecule has 2 aromatic heterocycles. The summed E-state index contributed by atoms with van der Waals surface area (Å²) in [7, 11) is 4.65. The van der Waals surface area contributed by atoms with Crippen LogP contribution in [0.2, 0.25) is 0 Å². The van der Waals surface area contributed by atoms with Crippen LogP contribution in [-0.4, -0.2) is 46.5 Å². The number of benzene rings is 2. The summed E-state index contributed by atoms with van der Waals surface area (Å²) in [5.41, 5.74) is 2.85. The predicted octanol–water partition coefficient (Wildman–Crippen LogP) is 3.32. The molecule has 9 heteroatoms. The maximum atomic E-state index is 5.45. The molecular formula is C20H19N5O4. The van der Waals surface area contributed by atoms with Gasteiger partial charge in [-0.1, -0.05) is 28.6 Å². The SMILES string of the molecule is COc1cc(-c2noc(-c3nnn(-c4ccccc4)c3C)n2)cc(OC)c1OC. The van der Waals surface area contributed by atoms with Gasteiger partial charge in [-0.3, -0.25) is 0 Å². The summed E-state index contributed by atoms with van der Waals surface area (Å²) in [6, 6.07) is 13.2. The van der Waals surface area contributed by atoms with Gasteiger partial charge in [0.15, 0.2) is 17.2 Å². The minimum absolute atomic E-state index is 0.272. The Labute approximate surface area is 166 Å². The summed E-state index contributed by atoms with van der Waals surface area (Å²) in [4.78, 5) is 4.48. The maximum Gasteiger partial charge on any atom is 0.280 e. The monoisotopic (exact) mass is 393 g/mol. The molecule has 29 heavy (non-hydrogen) atoms. The first-order chi connectivity index (χ1) is 14.2. The van der Waals surface area contributed by atoms with Crippen LogP contribution >= 0.6 is 0 Å². The van der Waals surface area contributed by atoms with Crippen molar-refractivity contribution in [2.24, 2.45) is 0 Å². The lowest BCUT2D eigenvalue weighted by Crippen LogP contribution is -1.98. The van der Waals surface area contributed by atoms with Crippen LogP contribution in [0.5, 0.6) is 17.2 Å². The molecule has 0 amide bonds. The Bertz CT molecular complexity index is 1110. The molecule has 0 bridgehead atoms. The summed E-state index contributed by atoms with van der Waals surface area (Å²) < 4.78 is 23.3. The average molecular weight is 393 g/mol. The highest BCUT2D eigenvalue weighted by molar-refractivity contribution is 5.67. The third-order valence-electron chi connectivity index (χ3n) is 4.45. The molecule has 0 spiro atoms. The molecule has 0 aliphatic heterocycles. The summed E-state index contributed by atoms with van der Waals surface area (Å²) >= 11 is 0. The van der Waals surface area contributed by atoms with E-state index in [1.807, 2.05) is 37.3 Å². The predicted molar refractivity (Wildman–Crippen MR) is 104 cm³/mol. The fraction of sp³-hybridized carbons (Fsp3) is 0.200. The van der Waals surface area contributed by atoms with Gasteiger partial charge >= 0.3 is 0 Å². The molecule has 0 N–H and O–H groups in total. The zero-order valence-corrected chi connectivity index (χ0v) is 16.4. The van der Waals surface area contributed by atoms with Crippen LogP contribution in [0.4, 0.5) is 0 Å². The Morgan fingerprint density at radius 1 is 0.931 bits per heavy atom. The van der Waals surface area contributed by atoms with E-state index in [2.05, 4.69) is 20.5 Å². The third kappa shape index (κ3) is 3.27. The molecule has 0 aliphatic rings. The molecule has 148 valence electrons. The van der Waals surface area contributed by atoms with Crippen molar-refractivity contribution < 1.29 is 18.7 Å². The van der Waals surface area contributed by atoms with Crippen LogP contribution in [0.1, 0.15) is 5.69 Å². The fourth-order valence-electron chi connectivity index (χ4n) is 2.99. The van der Waals surface area contributed by atoms with Crippen molar-refractivity contribution in [2.75, 3.05) is 21.3 Å². The standard InChI is InChI=1S/C20H19N5O4/c1-12-17(22-24-25(12)14-8-6-5-7-9-14)20-21-19(23-29-20)13-10-15(26-2)18(28-4)16(11-13)27-3/h5-11H,1-4H3. The Morgan fingerprint density at radius 2 is 1.62 bits per heavy atom. The number of nitrogens with zero attached hydrogens (tertiary/aromatic N) is 5. The zero-order chi connectivity index (χ0) is 20.4. The lowest BCUT2D eigenvalue weighted by molar-refractivity contribution is 0.324. The Morgan fingerprint density at radius 3 is 2.24 bits per heavy atom. The van der Waals surface area contributed by atoms with E-state index in [1.54, 1.807) is 38.1 Å². The van der Waals surface area contributed by atoms with E-state index in [0.717, 1.165) is 11.4 Å². The van der Waals surface area contributed by atoms with Crippen molar-refractivity contribution in [3.63, 3.8) is 0 Å². The highest BCUT2D eigenvalue weighted by Gasteiger charge is 2.21. The second-order valence-corrected chi connectivity index (χ2v) is 6.11. The van der Waals surface area contributed by atoms with Gasteiger partial charge in [0.05, 0.1) is 32.7 Å². The summed E-state index contributed by atoms with van der Waals surface area (Å²) in [5, 5.41) is 12.5. The van der Waals surface area contributed by atoms with Gasteiger partial charge < -0.3 is 18.7 Å². The number of ether oxygens (including phenoxy) is 3. The van der Waals surface area contributed by atoms with Crippen molar-refractivity contribution in [3.8, 4) is 45.9 Å². The molecule has 0 saturated carbocycles. The number of hydrogen-bond donors (Lipinski definition) is 0. The van der Waals surface area contributed by atoms with E-state index in [9.17, 15) is 0 Å². The van der Waals surface area contributed by atoms with Gasteiger partial charge in [-0.05, 0) is 31.2 Å². The van der Waals surface area contributed by atoms with E-state index >= 15 is 0 Å². The third-order valence-corrected chi connectivity index (χ3v) is 4.45. The van der Waals surface area contributed by atoms with E-state index in [4.69, 9.17) is 18.7 Å². The first-order valence-electron chi connectivity index (χ1n) is 8.78. The summed E-state index contributed by atoms with van der Waals surface area (Å²) in [6.45, 7) is 1.89. The van der Waals surface area contributed by atoms with Crippen LogP contribution in [0.25, 0.3) is 28.7 Å². The molecule has 2 heterocycles. The molecule has 0 atom stereocenters. The van der Waals surface area contributed by atoms with Crippen LogP contribution in [0.3, 0.4) is 0 Å². The van der Waals surface area contributed by atoms with Crippen molar-refractivity contribution >= 4 is 0 Å². The zero-order valence-electron chi connectivity index (χ0n) is 16.4. The molecule has 9 nitrogen and oxygen atoms in total. The molecule has 0 radical (unpaired) electrons. The quantitative estimate of drug-likeness (QED) is 0.492. The minimum Gasteiger partial charge on any atom is -0.493 e. The molecule has 0 aliphatic carbocycles. The van der Waals surface area contributed by atoms with E-state index in [1.165, 1.54) is 0 Å². The van der Waals surface area contributed by atoms with Crippen LogP contribution in [0, 0.1) is 6.92 Å². The van der Waals surface area contributed by atoms with Crippen LogP contribution in [0.15, 0.2) is 47.0 Å². The second kappa shape index (κ2) is 7.63. The number of rotatable bonds is 6. The number of methoxy groups -OCH3 is 3. The number of aromatic nitrogens is 5. The van der Waals surface area contributed by atoms with Crippen LogP contribution < -0.4 is 14.2 Å². The van der Waals surface area contributed by atoms with Gasteiger partial charge in [0, 0.05) is 5.56 Å². The normalized spacial score (nSPS) is 10.8. The molecular weight excluding hydrogens is 374 g/mol. The Balaban J connectivity index is 1.72. The van der Waals surface area contributed by atoms with Crippen molar-refractivity contribution in [3.05, 3.63) is 48.2 Å². The highest BCUT2D eigenvalue weighted by Crippen LogP contribution is 2.40. The number of hydrogen-bond acceptors (Lipinski definition) is 8. The highest BCUT2D eigenvalue weighted by atomic mass is 16.5. The average Bonchev–Trinajstić information content (AvgIpc) is 3.40. The molecule has 4 rings (SSSR count). The van der Waals surface area contributed by atoms with Gasteiger partial charge in [0.2, 0.25) is 11.6 Å². The van der Waals surface area contributed by atoms with Crippen molar-refractivity contribution in [1.29, 1.82) is 0 Å². The smallest absolute Gasteiger partial charge is 0.280 e. The molecule has 0 unspecified atom stereocenters. The van der Waals surface area contributed by atoms with Crippen molar-refractivity contribution in [1.82, 2.24) is 25.1 Å². The van der Waals surface area contributed by atoms with E-state index in [0.29, 0.717) is 34.3 Å². The number of para-hydroxylation sites is 1. The molecule has 0 saturated heterocycles. The van der Waals surface area contributed by atoms with E-state index < -0.39 is 0 Å². The summed E-state index contributed by atoms with van der Waals surface area (Å²) in [6.07, 6.45) is 0. The first kappa shape index (κ1) is 18.5. The fourth-order valence-corrected chi connectivity index (χ4v) is 2.99. The van der Waals surface area contributed by atoms with Crippen molar-refractivity contribution in [2.45, 2.75) is 6.92 Å². The Hall–Kier alpha value is -3.88. The van der Waals surface area contributed by atoms with Gasteiger partial charge in [-0.25, -0.2) is 4.68 Å². The Kier molecular flexibility index (Phi) is 4.86. The van der Waals surface area contributed by atoms with Crippen LogP contribution in [-0.2, 0) is 0 Å². The second-order valence-electron chi connectivity index (χ2n) is 6.11. The largest absolute Gasteiger partial charge is 0.493 e. The van der Waals surface area contributed by atoms with E-state index in [-0.39, 0.29) is 5.89 Å². The molecule has 2 aromatic carbocycles. The molecule has 4 aromatic rings. The molecule has 0 fully saturated rings. The lowest BCUT2D eigenvalue weighted by atomic mass is 10.1. The maximum absolute atomic E-state index is 5.45. The summed E-state index contributed by atoms with van der Waals surface area (Å²) in [5.74, 6) is 2.13. The van der Waals surface area contributed by atoms with Gasteiger partial charge in [-0.2, -0.15) is 4.98 Å². The van der Waals surface area contributed by atoms with Gasteiger partial charge in [0.1, 0.15) is 0 Å². The minimum atomic E-state index is 0.272. The lowest BCUT2D eigenvalue weighted by Gasteiger charge is -2.12. The first-order valence-corrected chi connectivity index (χ1v) is 8.78. The van der Waals surface area contributed by atoms with Gasteiger partial charge in [0.25, 0.3) is 5.89 Å².